The highest BCUT2D eigenvalue weighted by Gasteiger charge is 2.19. The van der Waals surface area contributed by atoms with Crippen LogP contribution in [0.25, 0.3) is 6.08 Å². The Morgan fingerprint density at radius 1 is 1.38 bits per heavy atom. The third-order valence-electron chi connectivity index (χ3n) is 4.01. The smallest absolute Gasteiger partial charge is 0.233 e. The molecule has 2 rings (SSSR count). The molecule has 118 valence electrons. The molecule has 0 saturated heterocycles. The van der Waals surface area contributed by atoms with Crippen LogP contribution in [0.4, 0.5) is 5.13 Å². The third-order valence-corrected chi connectivity index (χ3v) is 5.16. The number of likely N-dealkylation sites (N-methyl/N-ethyl adjacent to an activating group) is 1. The number of ether oxygens (including phenoxy) is 1. The fourth-order valence-corrected chi connectivity index (χ4v) is 3.83. The second-order valence-electron chi connectivity index (χ2n) is 5.85. The predicted octanol–water partition coefficient (Wildman–Crippen LogP) is 3.40. The summed E-state index contributed by atoms with van der Waals surface area (Å²) in [6.45, 7) is 0.947. The Morgan fingerprint density at radius 2 is 2.10 bits per heavy atom. The number of methoxy groups -OCH3 is 1. The van der Waals surface area contributed by atoms with Crippen LogP contribution in [0, 0.1) is 5.92 Å². The largest absolute Gasteiger partial charge is 0.480 e. The number of aromatic nitrogens is 1. The molecule has 1 aliphatic rings. The number of nitrogens with zero attached hydrogens (tertiary/aromatic N) is 2. The summed E-state index contributed by atoms with van der Waals surface area (Å²) in [7, 11) is 7.75. The van der Waals surface area contributed by atoms with Gasteiger partial charge < -0.3 is 15.0 Å². The summed E-state index contributed by atoms with van der Waals surface area (Å²) in [6, 6.07) is 0. The Balaban J connectivity index is 2.27. The summed E-state index contributed by atoms with van der Waals surface area (Å²) in [5.41, 5.74) is 1.49. The first-order valence-corrected chi connectivity index (χ1v) is 8.54. The quantitative estimate of drug-likeness (QED) is 0.874. The van der Waals surface area contributed by atoms with Crippen LogP contribution >= 0.6 is 11.3 Å². The lowest BCUT2D eigenvalue weighted by Gasteiger charge is -2.24. The van der Waals surface area contributed by atoms with Crippen molar-refractivity contribution in [1.82, 2.24) is 10.3 Å². The van der Waals surface area contributed by atoms with Crippen LogP contribution in [0.1, 0.15) is 37.0 Å². The van der Waals surface area contributed by atoms with Gasteiger partial charge in [-0.3, -0.25) is 0 Å². The van der Waals surface area contributed by atoms with Crippen LogP contribution in [0.15, 0.2) is 5.57 Å². The van der Waals surface area contributed by atoms with Crippen molar-refractivity contribution in [2.75, 3.05) is 39.7 Å². The summed E-state index contributed by atoms with van der Waals surface area (Å²) >= 11 is 1.70. The molecule has 0 aromatic carbocycles. The number of anilines is 1. The van der Waals surface area contributed by atoms with Gasteiger partial charge in [-0.15, -0.1) is 0 Å². The first-order valence-electron chi connectivity index (χ1n) is 7.73. The van der Waals surface area contributed by atoms with Crippen LogP contribution in [0.2, 0.25) is 0 Å². The molecule has 0 unspecified atom stereocenters. The van der Waals surface area contributed by atoms with Gasteiger partial charge >= 0.3 is 0 Å². The summed E-state index contributed by atoms with van der Waals surface area (Å²) in [6.07, 6.45) is 9.03. The van der Waals surface area contributed by atoms with E-state index in [1.165, 1.54) is 37.7 Å². The molecule has 0 atom stereocenters. The van der Waals surface area contributed by atoms with Crippen LogP contribution in [0.3, 0.4) is 0 Å². The van der Waals surface area contributed by atoms with Gasteiger partial charge in [0.25, 0.3) is 0 Å². The molecule has 1 saturated carbocycles. The van der Waals surface area contributed by atoms with Crippen LogP contribution in [-0.2, 0) is 0 Å². The molecular formula is C16H27N3OS. The highest BCUT2D eigenvalue weighted by molar-refractivity contribution is 7.16. The lowest BCUT2D eigenvalue weighted by Crippen LogP contribution is -2.19. The molecule has 1 aromatic rings. The Bertz CT molecular complexity index is 476. The molecule has 0 radical (unpaired) electrons. The van der Waals surface area contributed by atoms with E-state index >= 15 is 0 Å². The summed E-state index contributed by atoms with van der Waals surface area (Å²) in [5.74, 6) is 1.45. The first kappa shape index (κ1) is 16.3. The Hall–Kier alpha value is -1.07. The fourth-order valence-electron chi connectivity index (χ4n) is 2.89. The van der Waals surface area contributed by atoms with Crippen molar-refractivity contribution >= 4 is 22.5 Å². The van der Waals surface area contributed by atoms with Gasteiger partial charge in [0.1, 0.15) is 0 Å². The predicted molar refractivity (Wildman–Crippen MR) is 91.5 cm³/mol. The highest BCUT2D eigenvalue weighted by atomic mass is 32.1. The van der Waals surface area contributed by atoms with Crippen molar-refractivity contribution in [3.8, 4) is 5.88 Å². The average Bonchev–Trinajstić information content (AvgIpc) is 2.91. The average molecular weight is 309 g/mol. The Morgan fingerprint density at radius 3 is 2.67 bits per heavy atom. The van der Waals surface area contributed by atoms with Gasteiger partial charge in [0.15, 0.2) is 5.13 Å². The summed E-state index contributed by atoms with van der Waals surface area (Å²) in [4.78, 5) is 7.71. The van der Waals surface area contributed by atoms with Crippen molar-refractivity contribution in [3.63, 3.8) is 0 Å². The molecule has 0 spiro atoms. The number of thiazole rings is 1. The fraction of sp³-hybridized carbons (Fsp3) is 0.688. The minimum Gasteiger partial charge on any atom is -0.480 e. The van der Waals surface area contributed by atoms with E-state index < -0.39 is 0 Å². The Labute approximate surface area is 132 Å². The maximum absolute atomic E-state index is 5.45. The van der Waals surface area contributed by atoms with Gasteiger partial charge in [-0.1, -0.05) is 36.2 Å². The first-order chi connectivity index (χ1) is 10.2. The van der Waals surface area contributed by atoms with Gasteiger partial charge in [-0.2, -0.15) is 4.98 Å². The van der Waals surface area contributed by atoms with Crippen molar-refractivity contribution in [1.29, 1.82) is 0 Å². The van der Waals surface area contributed by atoms with E-state index in [0.29, 0.717) is 5.92 Å². The minimum absolute atomic E-state index is 0.709. The molecule has 0 aliphatic heterocycles. The normalized spacial score (nSPS) is 17.0. The molecule has 5 heteroatoms. The second-order valence-corrected chi connectivity index (χ2v) is 6.86. The molecular weight excluding hydrogens is 282 g/mol. The number of hydrogen-bond donors (Lipinski definition) is 1. The lowest BCUT2D eigenvalue weighted by molar-refractivity contribution is 0.396. The highest BCUT2D eigenvalue weighted by Crippen LogP contribution is 2.36. The summed E-state index contributed by atoms with van der Waals surface area (Å²) in [5, 5.41) is 4.31. The molecule has 4 nitrogen and oxygen atoms in total. The third kappa shape index (κ3) is 4.20. The van der Waals surface area contributed by atoms with Crippen molar-refractivity contribution in [2.24, 2.45) is 5.92 Å². The van der Waals surface area contributed by atoms with E-state index in [-0.39, 0.29) is 0 Å². The van der Waals surface area contributed by atoms with Gasteiger partial charge in [0.2, 0.25) is 5.88 Å². The topological polar surface area (TPSA) is 37.4 Å². The van der Waals surface area contributed by atoms with Gasteiger partial charge in [0.05, 0.1) is 12.0 Å². The molecule has 1 fully saturated rings. The van der Waals surface area contributed by atoms with Crippen LogP contribution in [-0.4, -0.2) is 39.8 Å². The molecule has 1 aromatic heterocycles. The van der Waals surface area contributed by atoms with E-state index in [1.807, 2.05) is 26.0 Å². The zero-order valence-electron chi connectivity index (χ0n) is 13.6. The Kier molecular flexibility index (Phi) is 6.06. The molecule has 0 bridgehead atoms. The zero-order chi connectivity index (χ0) is 15.2. The number of rotatable bonds is 6. The van der Waals surface area contributed by atoms with Crippen LogP contribution in [0.5, 0.6) is 5.88 Å². The lowest BCUT2D eigenvalue weighted by atomic mass is 9.83. The zero-order valence-corrected chi connectivity index (χ0v) is 14.4. The van der Waals surface area contributed by atoms with E-state index in [1.54, 1.807) is 18.4 Å². The minimum atomic E-state index is 0.709. The van der Waals surface area contributed by atoms with E-state index in [0.717, 1.165) is 22.4 Å². The maximum atomic E-state index is 5.45. The van der Waals surface area contributed by atoms with Gasteiger partial charge in [0, 0.05) is 20.6 Å². The number of nitrogens with one attached hydrogen (secondary N) is 1. The molecule has 21 heavy (non-hydrogen) atoms. The maximum Gasteiger partial charge on any atom is 0.233 e. The molecule has 1 aliphatic carbocycles. The van der Waals surface area contributed by atoms with Crippen molar-refractivity contribution in [3.05, 3.63) is 10.5 Å². The SMILES string of the molecule is CNCC(=Cc1sc(N(C)C)nc1OC)C1CCCCC1. The summed E-state index contributed by atoms with van der Waals surface area (Å²) < 4.78 is 5.45. The molecule has 1 N–H and O–H groups in total. The van der Waals surface area contributed by atoms with Gasteiger partial charge in [-0.05, 0) is 31.9 Å². The number of hydrogen-bond acceptors (Lipinski definition) is 5. The van der Waals surface area contributed by atoms with Gasteiger partial charge in [-0.25, -0.2) is 0 Å². The molecule has 0 amide bonds. The monoisotopic (exact) mass is 309 g/mol. The van der Waals surface area contributed by atoms with Crippen molar-refractivity contribution in [2.45, 2.75) is 32.1 Å². The second kappa shape index (κ2) is 7.80. The van der Waals surface area contributed by atoms with E-state index in [2.05, 4.69) is 16.4 Å². The van der Waals surface area contributed by atoms with E-state index in [4.69, 9.17) is 4.74 Å². The standard InChI is InChI=1S/C16H27N3OS/c1-17-11-13(12-8-6-5-7-9-12)10-14-15(20-4)18-16(21-14)19(2)3/h10,12,17H,5-9,11H2,1-4H3. The van der Waals surface area contributed by atoms with Crippen LogP contribution < -0.4 is 15.0 Å². The van der Waals surface area contributed by atoms with E-state index in [9.17, 15) is 0 Å². The van der Waals surface area contributed by atoms with Crippen molar-refractivity contribution < 1.29 is 4.74 Å². The molecule has 1 heterocycles.